The maximum Gasteiger partial charge on any atom is 0.134 e. The number of anilines is 1. The lowest BCUT2D eigenvalue weighted by Crippen LogP contribution is -1.97. The van der Waals surface area contributed by atoms with E-state index in [9.17, 15) is 0 Å². The molecular formula is C9H6Cl2N2. The molecule has 1 aromatic carbocycles. The largest absolute Gasteiger partial charge is 0.350 e. The molecule has 1 heterocycles. The fourth-order valence-corrected chi connectivity index (χ4v) is 1.63. The smallest absolute Gasteiger partial charge is 0.134 e. The van der Waals surface area contributed by atoms with E-state index in [1.807, 2.05) is 17.0 Å². The van der Waals surface area contributed by atoms with Crippen molar-refractivity contribution < 1.29 is 0 Å². The molecule has 1 saturated heterocycles. The van der Waals surface area contributed by atoms with Gasteiger partial charge >= 0.3 is 0 Å². The van der Waals surface area contributed by atoms with Crippen molar-refractivity contribution in [2.45, 2.75) is 6.04 Å². The summed E-state index contributed by atoms with van der Waals surface area (Å²) >= 11 is 11.8. The van der Waals surface area contributed by atoms with Gasteiger partial charge in [-0.3, -0.25) is 0 Å². The molecule has 0 N–H and O–H groups in total. The Bertz CT molecular complexity index is 384. The van der Waals surface area contributed by atoms with Crippen LogP contribution in [-0.4, -0.2) is 12.6 Å². The van der Waals surface area contributed by atoms with Crippen LogP contribution in [0.1, 0.15) is 0 Å². The summed E-state index contributed by atoms with van der Waals surface area (Å²) in [5.74, 6) is 0. The van der Waals surface area contributed by atoms with Crippen LogP contribution in [0.3, 0.4) is 0 Å². The zero-order valence-corrected chi connectivity index (χ0v) is 8.18. The first-order chi connectivity index (χ1) is 6.24. The highest BCUT2D eigenvalue weighted by molar-refractivity contribution is 6.43. The van der Waals surface area contributed by atoms with Crippen LogP contribution in [0.5, 0.6) is 0 Å². The molecule has 0 saturated carbocycles. The van der Waals surface area contributed by atoms with E-state index in [0.29, 0.717) is 10.0 Å². The maximum atomic E-state index is 8.63. The van der Waals surface area contributed by atoms with Gasteiger partial charge in [-0.25, -0.2) is 0 Å². The van der Waals surface area contributed by atoms with Gasteiger partial charge in [0.2, 0.25) is 0 Å². The van der Waals surface area contributed by atoms with Crippen LogP contribution in [0.4, 0.5) is 5.69 Å². The summed E-state index contributed by atoms with van der Waals surface area (Å²) in [6, 6.07) is 7.56. The van der Waals surface area contributed by atoms with E-state index in [0.717, 1.165) is 12.2 Å². The van der Waals surface area contributed by atoms with Crippen molar-refractivity contribution in [2.24, 2.45) is 0 Å². The van der Waals surface area contributed by atoms with E-state index in [2.05, 4.69) is 6.07 Å². The third kappa shape index (κ3) is 1.46. The first-order valence-corrected chi connectivity index (χ1v) is 4.60. The zero-order valence-electron chi connectivity index (χ0n) is 6.67. The monoisotopic (exact) mass is 212 g/mol. The number of rotatable bonds is 1. The number of nitriles is 1. The average Bonchev–Trinajstić information content (AvgIpc) is 2.89. The van der Waals surface area contributed by atoms with Crippen molar-refractivity contribution in [1.29, 1.82) is 5.26 Å². The maximum absolute atomic E-state index is 8.63. The summed E-state index contributed by atoms with van der Waals surface area (Å²) in [7, 11) is 0. The second-order valence-electron chi connectivity index (χ2n) is 2.87. The van der Waals surface area contributed by atoms with E-state index in [4.69, 9.17) is 28.5 Å². The molecule has 4 heteroatoms. The van der Waals surface area contributed by atoms with Crippen LogP contribution in [0.2, 0.25) is 10.0 Å². The molecule has 0 aromatic heterocycles. The Kier molecular flexibility index (Phi) is 2.07. The summed E-state index contributed by atoms with van der Waals surface area (Å²) in [5.41, 5.74) is 0.848. The molecule has 0 bridgehead atoms. The minimum Gasteiger partial charge on any atom is -0.350 e. The van der Waals surface area contributed by atoms with Crippen LogP contribution in [0.25, 0.3) is 0 Å². The molecule has 1 aliphatic heterocycles. The number of hydrogen-bond donors (Lipinski definition) is 0. The van der Waals surface area contributed by atoms with Gasteiger partial charge in [0.15, 0.2) is 0 Å². The van der Waals surface area contributed by atoms with Gasteiger partial charge in [-0.05, 0) is 12.1 Å². The summed E-state index contributed by atoms with van der Waals surface area (Å²) in [6.45, 7) is 0.747. The summed E-state index contributed by atoms with van der Waals surface area (Å²) in [6.07, 6.45) is 0. The molecule has 13 heavy (non-hydrogen) atoms. The number of hydrogen-bond acceptors (Lipinski definition) is 2. The molecule has 1 fully saturated rings. The van der Waals surface area contributed by atoms with Gasteiger partial charge in [0, 0.05) is 0 Å². The molecule has 1 atom stereocenters. The van der Waals surface area contributed by atoms with Crippen LogP contribution < -0.4 is 4.90 Å². The van der Waals surface area contributed by atoms with Gasteiger partial charge in [-0.15, -0.1) is 0 Å². The molecule has 0 aliphatic carbocycles. The van der Waals surface area contributed by atoms with E-state index in [1.165, 1.54) is 0 Å². The van der Waals surface area contributed by atoms with E-state index in [1.54, 1.807) is 6.07 Å². The topological polar surface area (TPSA) is 26.8 Å². The highest BCUT2D eigenvalue weighted by Gasteiger charge is 2.35. The Morgan fingerprint density at radius 1 is 1.46 bits per heavy atom. The van der Waals surface area contributed by atoms with Gasteiger partial charge in [0.1, 0.15) is 6.04 Å². The lowest BCUT2D eigenvalue weighted by Gasteiger charge is -2.06. The lowest BCUT2D eigenvalue weighted by molar-refractivity contribution is 1.26. The first kappa shape index (κ1) is 8.68. The van der Waals surface area contributed by atoms with Crippen molar-refractivity contribution in [1.82, 2.24) is 0 Å². The lowest BCUT2D eigenvalue weighted by atomic mass is 10.3. The number of benzene rings is 1. The van der Waals surface area contributed by atoms with Crippen LogP contribution >= 0.6 is 23.2 Å². The summed E-state index contributed by atoms with van der Waals surface area (Å²) in [5, 5.41) is 9.69. The highest BCUT2D eigenvalue weighted by Crippen LogP contribution is 2.37. The van der Waals surface area contributed by atoms with E-state index in [-0.39, 0.29) is 6.04 Å². The number of halogens is 2. The summed E-state index contributed by atoms with van der Waals surface area (Å²) in [4.78, 5) is 1.91. The Morgan fingerprint density at radius 2 is 2.23 bits per heavy atom. The fraction of sp³-hybridized carbons (Fsp3) is 0.222. The Hall–Kier alpha value is -0.910. The standard InChI is InChI=1S/C9H6Cl2N2/c10-7-2-1-3-8(9(7)11)13-5-6(13)4-12/h1-3,6H,5H2. The average molecular weight is 213 g/mol. The molecule has 1 unspecified atom stereocenters. The molecule has 0 radical (unpaired) electrons. The SMILES string of the molecule is N#CC1CN1c1cccc(Cl)c1Cl. The molecule has 0 amide bonds. The predicted molar refractivity (Wildman–Crippen MR) is 53.2 cm³/mol. The van der Waals surface area contributed by atoms with Crippen LogP contribution in [-0.2, 0) is 0 Å². The minimum atomic E-state index is -0.0315. The van der Waals surface area contributed by atoms with Gasteiger partial charge in [0.05, 0.1) is 28.3 Å². The Balaban J connectivity index is 2.33. The zero-order chi connectivity index (χ0) is 9.42. The van der Waals surface area contributed by atoms with E-state index >= 15 is 0 Å². The quantitative estimate of drug-likeness (QED) is 0.670. The molecule has 2 nitrogen and oxygen atoms in total. The molecule has 2 rings (SSSR count). The normalized spacial score (nSPS) is 19.8. The van der Waals surface area contributed by atoms with Gasteiger partial charge in [-0.1, -0.05) is 29.3 Å². The van der Waals surface area contributed by atoms with Crippen molar-refractivity contribution in [3.63, 3.8) is 0 Å². The third-order valence-corrected chi connectivity index (χ3v) is 2.81. The predicted octanol–water partition coefficient (Wildman–Crippen LogP) is 2.71. The van der Waals surface area contributed by atoms with Crippen molar-refractivity contribution in [3.05, 3.63) is 28.2 Å². The Morgan fingerprint density at radius 3 is 2.85 bits per heavy atom. The summed E-state index contributed by atoms with van der Waals surface area (Å²) < 4.78 is 0. The minimum absolute atomic E-state index is 0.0315. The first-order valence-electron chi connectivity index (χ1n) is 3.84. The molecule has 1 aromatic rings. The van der Waals surface area contributed by atoms with Crippen LogP contribution in [0.15, 0.2) is 18.2 Å². The fourth-order valence-electron chi connectivity index (χ4n) is 1.23. The van der Waals surface area contributed by atoms with E-state index < -0.39 is 0 Å². The van der Waals surface area contributed by atoms with Crippen LogP contribution in [0, 0.1) is 11.3 Å². The third-order valence-electron chi connectivity index (χ3n) is 2.00. The van der Waals surface area contributed by atoms with Crippen molar-refractivity contribution in [3.8, 4) is 6.07 Å². The van der Waals surface area contributed by atoms with Crippen molar-refractivity contribution >= 4 is 28.9 Å². The number of nitrogens with zero attached hydrogens (tertiary/aromatic N) is 2. The molecule has 1 aliphatic rings. The highest BCUT2D eigenvalue weighted by atomic mass is 35.5. The second-order valence-corrected chi connectivity index (χ2v) is 3.66. The second kappa shape index (κ2) is 3.10. The van der Waals surface area contributed by atoms with Gasteiger partial charge in [0.25, 0.3) is 0 Å². The Labute approximate surface area is 86.3 Å². The van der Waals surface area contributed by atoms with Crippen molar-refractivity contribution in [2.75, 3.05) is 11.4 Å². The van der Waals surface area contributed by atoms with Gasteiger partial charge in [-0.2, -0.15) is 5.26 Å². The molecule has 0 spiro atoms. The van der Waals surface area contributed by atoms with Gasteiger partial charge < -0.3 is 4.90 Å². The molecule has 66 valence electrons. The molecular weight excluding hydrogens is 207 g/mol.